The number of aromatic nitrogens is 2. The first-order valence-corrected chi connectivity index (χ1v) is 7.37. The van der Waals surface area contributed by atoms with Crippen LogP contribution in [0.5, 0.6) is 5.75 Å². The van der Waals surface area contributed by atoms with Gasteiger partial charge in [-0.3, -0.25) is 0 Å². The Kier molecular flexibility index (Phi) is 3.92. The molecular weight excluding hydrogens is 274 g/mol. The van der Waals surface area contributed by atoms with E-state index in [2.05, 4.69) is 9.97 Å². The molecule has 2 aromatic carbocycles. The highest BCUT2D eigenvalue weighted by Gasteiger charge is 2.12. The summed E-state index contributed by atoms with van der Waals surface area (Å²) in [7, 11) is 0. The van der Waals surface area contributed by atoms with Crippen molar-refractivity contribution in [2.24, 2.45) is 0 Å². The lowest BCUT2D eigenvalue weighted by atomic mass is 10.1. The maximum atomic E-state index is 6.04. The van der Waals surface area contributed by atoms with Gasteiger partial charge >= 0.3 is 0 Å². The van der Waals surface area contributed by atoms with Gasteiger partial charge in [-0.15, -0.1) is 0 Å². The Labute approximate surface area is 130 Å². The van der Waals surface area contributed by atoms with Crippen LogP contribution in [0.1, 0.15) is 18.2 Å². The number of nitrogen functional groups attached to an aromatic ring is 1. The molecular formula is C18H19N3O. The third kappa shape index (κ3) is 3.01. The normalized spacial score (nSPS) is 12.3. The molecule has 4 heteroatoms. The molecule has 0 aliphatic carbocycles. The molecule has 2 N–H and O–H groups in total. The van der Waals surface area contributed by atoms with Crippen LogP contribution in [-0.2, 0) is 6.42 Å². The minimum absolute atomic E-state index is 0.00111. The Hall–Kier alpha value is -2.62. The fourth-order valence-corrected chi connectivity index (χ4v) is 2.54. The number of rotatable bonds is 4. The first kappa shape index (κ1) is 14.3. The van der Waals surface area contributed by atoms with Crippen LogP contribution in [0.15, 0.2) is 48.5 Å². The zero-order chi connectivity index (χ0) is 15.5. The molecule has 4 nitrogen and oxygen atoms in total. The van der Waals surface area contributed by atoms with Crippen molar-refractivity contribution in [2.75, 3.05) is 5.73 Å². The lowest BCUT2D eigenvalue weighted by Gasteiger charge is -2.17. The van der Waals surface area contributed by atoms with Gasteiger partial charge in [-0.25, -0.2) is 9.97 Å². The molecule has 3 rings (SSSR count). The summed E-state index contributed by atoms with van der Waals surface area (Å²) in [6, 6.07) is 15.9. The zero-order valence-electron chi connectivity index (χ0n) is 12.8. The molecule has 1 heterocycles. The summed E-state index contributed by atoms with van der Waals surface area (Å²) in [5.74, 6) is 1.21. The fourth-order valence-electron chi connectivity index (χ4n) is 2.54. The van der Waals surface area contributed by atoms with E-state index >= 15 is 0 Å². The number of hydrogen-bond donors (Lipinski definition) is 1. The third-order valence-electron chi connectivity index (χ3n) is 3.60. The molecule has 0 bridgehead atoms. The topological polar surface area (TPSA) is 61.0 Å². The Morgan fingerprint density at radius 1 is 1.05 bits per heavy atom. The third-order valence-corrected chi connectivity index (χ3v) is 3.60. The minimum atomic E-state index is -0.00111. The lowest BCUT2D eigenvalue weighted by molar-refractivity contribution is 0.220. The molecule has 1 atom stereocenters. The van der Waals surface area contributed by atoms with Crippen molar-refractivity contribution < 1.29 is 4.74 Å². The Morgan fingerprint density at radius 2 is 1.77 bits per heavy atom. The monoisotopic (exact) mass is 293 g/mol. The molecule has 0 aliphatic heterocycles. The molecule has 0 amide bonds. The first-order chi connectivity index (χ1) is 10.6. The van der Waals surface area contributed by atoms with Gasteiger partial charge in [0.2, 0.25) is 5.95 Å². The van der Waals surface area contributed by atoms with Gasteiger partial charge in [-0.2, -0.15) is 0 Å². The van der Waals surface area contributed by atoms with E-state index in [0.717, 1.165) is 27.9 Å². The van der Waals surface area contributed by atoms with E-state index in [1.807, 2.05) is 62.4 Å². The smallest absolute Gasteiger partial charge is 0.220 e. The number of ether oxygens (including phenoxy) is 1. The number of nitrogens with two attached hydrogens (primary N) is 1. The molecule has 22 heavy (non-hydrogen) atoms. The molecule has 1 aromatic heterocycles. The van der Waals surface area contributed by atoms with E-state index < -0.39 is 0 Å². The number of benzene rings is 2. The SMILES string of the molecule is Cc1ccccc1OC(C)Cc1nc(N)nc2ccccc12. The van der Waals surface area contributed by atoms with Crippen molar-refractivity contribution in [1.82, 2.24) is 9.97 Å². The summed E-state index contributed by atoms with van der Waals surface area (Å²) in [6.45, 7) is 4.08. The number of para-hydroxylation sites is 2. The highest BCUT2D eigenvalue weighted by molar-refractivity contribution is 5.81. The molecule has 0 fully saturated rings. The van der Waals surface area contributed by atoms with Crippen molar-refractivity contribution in [1.29, 1.82) is 0 Å². The van der Waals surface area contributed by atoms with Gasteiger partial charge in [-0.1, -0.05) is 36.4 Å². The van der Waals surface area contributed by atoms with Crippen molar-refractivity contribution in [3.05, 3.63) is 59.8 Å². The number of nitrogens with zero attached hydrogens (tertiary/aromatic N) is 2. The summed E-state index contributed by atoms with van der Waals surface area (Å²) in [4.78, 5) is 8.66. The van der Waals surface area contributed by atoms with E-state index in [1.54, 1.807) is 0 Å². The van der Waals surface area contributed by atoms with Crippen LogP contribution in [-0.4, -0.2) is 16.1 Å². The van der Waals surface area contributed by atoms with Gasteiger partial charge in [0.15, 0.2) is 0 Å². The first-order valence-electron chi connectivity index (χ1n) is 7.37. The van der Waals surface area contributed by atoms with Crippen molar-refractivity contribution in [3.63, 3.8) is 0 Å². The van der Waals surface area contributed by atoms with Crippen LogP contribution in [0.2, 0.25) is 0 Å². The number of fused-ring (bicyclic) bond motifs is 1. The number of aryl methyl sites for hydroxylation is 1. The van der Waals surface area contributed by atoms with Crippen LogP contribution in [0.4, 0.5) is 5.95 Å². The van der Waals surface area contributed by atoms with E-state index in [1.165, 1.54) is 0 Å². The second-order valence-corrected chi connectivity index (χ2v) is 5.44. The summed E-state index contributed by atoms with van der Waals surface area (Å²) in [5.41, 5.74) is 8.73. The van der Waals surface area contributed by atoms with Crippen molar-refractivity contribution in [3.8, 4) is 5.75 Å². The van der Waals surface area contributed by atoms with Crippen molar-refractivity contribution in [2.45, 2.75) is 26.4 Å². The average Bonchev–Trinajstić information content (AvgIpc) is 2.49. The van der Waals surface area contributed by atoms with E-state index in [0.29, 0.717) is 12.4 Å². The predicted octanol–water partition coefficient (Wildman–Crippen LogP) is 3.53. The molecule has 3 aromatic rings. The largest absolute Gasteiger partial charge is 0.490 e. The Morgan fingerprint density at radius 3 is 2.59 bits per heavy atom. The van der Waals surface area contributed by atoms with Gasteiger partial charge < -0.3 is 10.5 Å². The Bertz CT molecular complexity index is 801. The van der Waals surface area contributed by atoms with Crippen LogP contribution in [0.25, 0.3) is 10.9 Å². The summed E-state index contributed by atoms with van der Waals surface area (Å²) >= 11 is 0. The van der Waals surface area contributed by atoms with Gasteiger partial charge in [0, 0.05) is 11.8 Å². The predicted molar refractivity (Wildman–Crippen MR) is 88.9 cm³/mol. The minimum Gasteiger partial charge on any atom is -0.490 e. The van der Waals surface area contributed by atoms with Crippen LogP contribution < -0.4 is 10.5 Å². The van der Waals surface area contributed by atoms with Gasteiger partial charge in [-0.05, 0) is 31.5 Å². The second-order valence-electron chi connectivity index (χ2n) is 5.44. The Balaban J connectivity index is 1.85. The average molecular weight is 293 g/mol. The van der Waals surface area contributed by atoms with Crippen LogP contribution in [0, 0.1) is 6.92 Å². The number of anilines is 1. The van der Waals surface area contributed by atoms with E-state index in [9.17, 15) is 0 Å². The van der Waals surface area contributed by atoms with Gasteiger partial charge in [0.25, 0.3) is 0 Å². The van der Waals surface area contributed by atoms with Gasteiger partial charge in [0.05, 0.1) is 11.2 Å². The molecule has 112 valence electrons. The molecule has 0 spiro atoms. The molecule has 1 unspecified atom stereocenters. The lowest BCUT2D eigenvalue weighted by Crippen LogP contribution is -2.17. The highest BCUT2D eigenvalue weighted by Crippen LogP contribution is 2.21. The molecule has 0 radical (unpaired) electrons. The summed E-state index contributed by atoms with van der Waals surface area (Å²) in [6.07, 6.45) is 0.681. The fraction of sp³-hybridized carbons (Fsp3) is 0.222. The van der Waals surface area contributed by atoms with E-state index in [-0.39, 0.29) is 6.10 Å². The summed E-state index contributed by atoms with van der Waals surface area (Å²) in [5, 5.41) is 1.02. The van der Waals surface area contributed by atoms with Crippen molar-refractivity contribution >= 4 is 16.9 Å². The zero-order valence-corrected chi connectivity index (χ0v) is 12.8. The maximum absolute atomic E-state index is 6.04. The highest BCUT2D eigenvalue weighted by atomic mass is 16.5. The van der Waals surface area contributed by atoms with Crippen LogP contribution in [0.3, 0.4) is 0 Å². The molecule has 0 saturated carbocycles. The van der Waals surface area contributed by atoms with Gasteiger partial charge in [0.1, 0.15) is 11.9 Å². The molecule has 0 saturated heterocycles. The van der Waals surface area contributed by atoms with Crippen LogP contribution >= 0.6 is 0 Å². The standard InChI is InChI=1S/C18H19N3O/c1-12-7-3-6-10-17(12)22-13(2)11-16-14-8-4-5-9-15(14)20-18(19)21-16/h3-10,13H,11H2,1-2H3,(H2,19,20,21). The quantitative estimate of drug-likeness (QED) is 0.799. The maximum Gasteiger partial charge on any atom is 0.220 e. The van der Waals surface area contributed by atoms with E-state index in [4.69, 9.17) is 10.5 Å². The number of hydrogen-bond acceptors (Lipinski definition) is 4. The molecule has 0 aliphatic rings. The summed E-state index contributed by atoms with van der Waals surface area (Å²) < 4.78 is 6.04. The second kappa shape index (κ2) is 6.02.